The summed E-state index contributed by atoms with van der Waals surface area (Å²) in [5.74, 6) is 0. The lowest BCUT2D eigenvalue weighted by Crippen LogP contribution is -2.23. The van der Waals surface area contributed by atoms with E-state index in [0.29, 0.717) is 11.3 Å². The van der Waals surface area contributed by atoms with Gasteiger partial charge in [0, 0.05) is 11.2 Å². The van der Waals surface area contributed by atoms with Gasteiger partial charge >= 0.3 is 0 Å². The van der Waals surface area contributed by atoms with Crippen molar-refractivity contribution in [3.63, 3.8) is 0 Å². The van der Waals surface area contributed by atoms with E-state index >= 15 is 0 Å². The first kappa shape index (κ1) is 14.9. The predicted octanol–water partition coefficient (Wildman–Crippen LogP) is 1.10. The molecule has 0 saturated carbocycles. The molecule has 6 nitrogen and oxygen atoms in total. The molecule has 0 radical (unpaired) electrons. The highest BCUT2D eigenvalue weighted by Gasteiger charge is 2.15. The highest BCUT2D eigenvalue weighted by atomic mass is 35.5. The third-order valence-corrected chi connectivity index (χ3v) is 4.34. The molecule has 0 spiro atoms. The molecule has 106 valence electrons. The molecule has 0 aliphatic heterocycles. The van der Waals surface area contributed by atoms with Gasteiger partial charge < -0.3 is 5.11 Å². The van der Waals surface area contributed by atoms with E-state index in [9.17, 15) is 8.42 Å². The largest absolute Gasteiger partial charge is 0.392 e. The van der Waals surface area contributed by atoms with Crippen molar-refractivity contribution in [2.24, 2.45) is 0 Å². The molecular weight excluding hydrogens is 302 g/mol. The number of aliphatic hydroxyl groups is 1. The van der Waals surface area contributed by atoms with Crippen molar-refractivity contribution >= 4 is 21.6 Å². The van der Waals surface area contributed by atoms with Gasteiger partial charge in [0.1, 0.15) is 6.33 Å². The molecular formula is C12H12ClN3O3S. The number of hydrogen-bond acceptors (Lipinski definition) is 5. The number of sulfonamides is 1. The maximum atomic E-state index is 12.1. The summed E-state index contributed by atoms with van der Waals surface area (Å²) in [6.45, 7) is -0.183. The van der Waals surface area contributed by atoms with Crippen LogP contribution in [0.15, 0.2) is 41.7 Å². The van der Waals surface area contributed by atoms with Gasteiger partial charge in [-0.3, -0.25) is 0 Å². The Morgan fingerprint density at radius 3 is 2.70 bits per heavy atom. The number of nitrogens with one attached hydrogen (secondary N) is 1. The molecule has 0 unspecified atom stereocenters. The fraction of sp³-hybridized carbons (Fsp3) is 0.167. The van der Waals surface area contributed by atoms with Crippen molar-refractivity contribution in [2.75, 3.05) is 0 Å². The molecule has 0 aliphatic rings. The van der Waals surface area contributed by atoms with E-state index in [1.807, 2.05) is 0 Å². The van der Waals surface area contributed by atoms with Crippen molar-refractivity contribution in [3.05, 3.63) is 53.1 Å². The first-order valence-electron chi connectivity index (χ1n) is 5.67. The Labute approximate surface area is 121 Å². The zero-order chi connectivity index (χ0) is 14.6. The Kier molecular flexibility index (Phi) is 4.66. The number of aliphatic hydroxyl groups excluding tert-OH is 1. The number of aromatic nitrogens is 2. The van der Waals surface area contributed by atoms with Crippen LogP contribution in [0.3, 0.4) is 0 Å². The van der Waals surface area contributed by atoms with Gasteiger partial charge in [-0.2, -0.15) is 0 Å². The van der Waals surface area contributed by atoms with Gasteiger partial charge in [0.05, 0.1) is 23.7 Å². The minimum Gasteiger partial charge on any atom is -0.392 e. The zero-order valence-electron chi connectivity index (χ0n) is 10.3. The maximum absolute atomic E-state index is 12.1. The van der Waals surface area contributed by atoms with Crippen molar-refractivity contribution in [1.82, 2.24) is 14.7 Å². The van der Waals surface area contributed by atoms with Crippen LogP contribution >= 0.6 is 11.6 Å². The second kappa shape index (κ2) is 6.27. The van der Waals surface area contributed by atoms with Gasteiger partial charge in [-0.25, -0.2) is 23.1 Å². The van der Waals surface area contributed by atoms with E-state index in [-0.39, 0.29) is 23.1 Å². The monoisotopic (exact) mass is 313 g/mol. The van der Waals surface area contributed by atoms with Crippen LogP contribution in [0.2, 0.25) is 5.02 Å². The summed E-state index contributed by atoms with van der Waals surface area (Å²) < 4.78 is 26.6. The van der Waals surface area contributed by atoms with Crippen LogP contribution in [0.4, 0.5) is 0 Å². The third-order valence-electron chi connectivity index (χ3n) is 2.59. The lowest BCUT2D eigenvalue weighted by Gasteiger charge is -2.08. The summed E-state index contributed by atoms with van der Waals surface area (Å²) in [7, 11) is -3.68. The van der Waals surface area contributed by atoms with E-state index in [2.05, 4.69) is 14.7 Å². The normalized spacial score (nSPS) is 11.5. The molecule has 2 N–H and O–H groups in total. The molecule has 0 amide bonds. The highest BCUT2D eigenvalue weighted by molar-refractivity contribution is 7.89. The van der Waals surface area contributed by atoms with Gasteiger partial charge in [-0.05, 0) is 23.8 Å². The SMILES string of the molecule is O=S(=O)(NCc1ccncn1)c1ccc(CO)c(Cl)c1. The van der Waals surface area contributed by atoms with Crippen molar-refractivity contribution < 1.29 is 13.5 Å². The topological polar surface area (TPSA) is 92.2 Å². The quantitative estimate of drug-likeness (QED) is 0.862. The Hall–Kier alpha value is -1.54. The molecule has 2 aromatic rings. The molecule has 20 heavy (non-hydrogen) atoms. The van der Waals surface area contributed by atoms with E-state index in [1.54, 1.807) is 6.07 Å². The smallest absolute Gasteiger partial charge is 0.240 e. The van der Waals surface area contributed by atoms with Crippen LogP contribution in [-0.2, 0) is 23.2 Å². The first-order valence-corrected chi connectivity index (χ1v) is 7.53. The molecule has 2 rings (SSSR count). The summed E-state index contributed by atoms with van der Waals surface area (Å²) in [5.41, 5.74) is 1.03. The van der Waals surface area contributed by atoms with Gasteiger partial charge in [0.25, 0.3) is 0 Å². The van der Waals surface area contributed by atoms with Gasteiger partial charge in [-0.1, -0.05) is 17.7 Å². The molecule has 0 aliphatic carbocycles. The van der Waals surface area contributed by atoms with Gasteiger partial charge in [0.2, 0.25) is 10.0 Å². The number of rotatable bonds is 5. The number of benzene rings is 1. The summed E-state index contributed by atoms with van der Waals surface area (Å²) in [6, 6.07) is 5.78. The number of nitrogens with zero attached hydrogens (tertiary/aromatic N) is 2. The van der Waals surface area contributed by atoms with E-state index in [1.165, 1.54) is 30.7 Å². The molecule has 0 atom stereocenters. The fourth-order valence-electron chi connectivity index (χ4n) is 1.50. The van der Waals surface area contributed by atoms with Crippen LogP contribution in [0.5, 0.6) is 0 Å². The van der Waals surface area contributed by atoms with Crippen molar-refractivity contribution in [1.29, 1.82) is 0 Å². The Morgan fingerprint density at radius 1 is 1.30 bits per heavy atom. The Balaban J connectivity index is 2.16. The molecule has 1 heterocycles. The lowest BCUT2D eigenvalue weighted by atomic mass is 10.2. The van der Waals surface area contributed by atoms with E-state index in [0.717, 1.165) is 0 Å². The molecule has 0 bridgehead atoms. The summed E-state index contributed by atoms with van der Waals surface area (Å²) >= 11 is 5.88. The maximum Gasteiger partial charge on any atom is 0.240 e. The fourth-order valence-corrected chi connectivity index (χ4v) is 2.83. The second-order valence-corrected chi connectivity index (χ2v) is 6.11. The number of halogens is 1. The summed E-state index contributed by atoms with van der Waals surface area (Å²) in [4.78, 5) is 7.71. The first-order chi connectivity index (χ1) is 9.53. The van der Waals surface area contributed by atoms with E-state index < -0.39 is 10.0 Å². The summed E-state index contributed by atoms with van der Waals surface area (Å²) in [6.07, 6.45) is 2.88. The van der Waals surface area contributed by atoms with Crippen LogP contribution in [0, 0.1) is 0 Å². The highest BCUT2D eigenvalue weighted by Crippen LogP contribution is 2.20. The average molecular weight is 314 g/mol. The molecule has 0 fully saturated rings. The second-order valence-electron chi connectivity index (χ2n) is 3.94. The van der Waals surface area contributed by atoms with Gasteiger partial charge in [-0.15, -0.1) is 0 Å². The van der Waals surface area contributed by atoms with Crippen LogP contribution in [0.25, 0.3) is 0 Å². The van der Waals surface area contributed by atoms with Crippen molar-refractivity contribution in [3.8, 4) is 0 Å². The molecule has 0 saturated heterocycles. The summed E-state index contributed by atoms with van der Waals surface area (Å²) in [5, 5.41) is 9.21. The molecule has 8 heteroatoms. The Bertz CT molecular complexity index is 692. The third kappa shape index (κ3) is 3.51. The standard InChI is InChI=1S/C12H12ClN3O3S/c13-12-5-11(2-1-9(12)7-17)20(18,19)16-6-10-3-4-14-8-15-10/h1-5,8,16-17H,6-7H2. The van der Waals surface area contributed by atoms with Crippen LogP contribution < -0.4 is 4.72 Å². The van der Waals surface area contributed by atoms with E-state index in [4.69, 9.17) is 16.7 Å². The lowest BCUT2D eigenvalue weighted by molar-refractivity contribution is 0.282. The predicted molar refractivity (Wildman–Crippen MR) is 73.4 cm³/mol. The molecule has 1 aromatic carbocycles. The van der Waals surface area contributed by atoms with Crippen LogP contribution in [-0.4, -0.2) is 23.5 Å². The van der Waals surface area contributed by atoms with Crippen molar-refractivity contribution in [2.45, 2.75) is 18.0 Å². The number of hydrogen-bond donors (Lipinski definition) is 2. The van der Waals surface area contributed by atoms with Crippen LogP contribution in [0.1, 0.15) is 11.3 Å². The average Bonchev–Trinajstić information content (AvgIpc) is 2.46. The minimum atomic E-state index is -3.68. The van der Waals surface area contributed by atoms with Gasteiger partial charge in [0.15, 0.2) is 0 Å². The zero-order valence-corrected chi connectivity index (χ0v) is 11.9. The minimum absolute atomic E-state index is 0.0359. The molecule has 1 aromatic heterocycles. The Morgan fingerprint density at radius 2 is 2.10 bits per heavy atom.